The van der Waals surface area contributed by atoms with Gasteiger partial charge in [0.25, 0.3) is 0 Å². The van der Waals surface area contributed by atoms with Gasteiger partial charge in [-0.25, -0.2) is 4.79 Å². The summed E-state index contributed by atoms with van der Waals surface area (Å²) in [6.07, 6.45) is 0. The molecule has 0 saturated carbocycles. The van der Waals surface area contributed by atoms with Crippen LogP contribution >= 0.6 is 0 Å². The largest absolute Gasteiger partial charge is 0.464 e. The topological polar surface area (TPSA) is 42.1 Å². The highest BCUT2D eigenvalue weighted by Crippen LogP contribution is 2.17. The molecule has 1 N–H and O–H groups in total. The van der Waals surface area contributed by atoms with E-state index in [0.717, 1.165) is 11.3 Å². The quantitative estimate of drug-likeness (QED) is 0.758. The average molecular weight is 201 g/mol. The van der Waals surface area contributed by atoms with Crippen molar-refractivity contribution < 1.29 is 9.53 Å². The van der Waals surface area contributed by atoms with E-state index >= 15 is 0 Å². The Balaban J connectivity index is 2.32. The van der Waals surface area contributed by atoms with Crippen molar-refractivity contribution in [1.82, 2.24) is 4.98 Å². The second kappa shape index (κ2) is 4.00. The van der Waals surface area contributed by atoms with E-state index in [1.807, 2.05) is 36.4 Å². The summed E-state index contributed by atoms with van der Waals surface area (Å²) < 4.78 is 4.62. The molecule has 0 aliphatic carbocycles. The molecule has 0 amide bonds. The van der Waals surface area contributed by atoms with E-state index in [4.69, 9.17) is 0 Å². The van der Waals surface area contributed by atoms with Gasteiger partial charge in [-0.15, -0.1) is 0 Å². The van der Waals surface area contributed by atoms with Gasteiger partial charge < -0.3 is 9.72 Å². The third-order valence-electron chi connectivity index (χ3n) is 2.18. The first-order valence-corrected chi connectivity index (χ1v) is 4.64. The number of hydrogen-bond acceptors (Lipinski definition) is 2. The molecule has 0 unspecified atom stereocenters. The molecule has 3 heteroatoms. The van der Waals surface area contributed by atoms with E-state index in [1.54, 1.807) is 6.07 Å². The molecule has 0 atom stereocenters. The maximum Gasteiger partial charge on any atom is 0.354 e. The molecule has 0 aliphatic rings. The number of carbonyl (C=O) groups excluding carboxylic acids is 1. The monoisotopic (exact) mass is 201 g/mol. The first-order chi connectivity index (χ1) is 7.31. The maximum absolute atomic E-state index is 11.2. The molecular weight excluding hydrogens is 190 g/mol. The zero-order chi connectivity index (χ0) is 10.7. The second-order valence-corrected chi connectivity index (χ2v) is 3.14. The number of ether oxygens (including phenoxy) is 1. The van der Waals surface area contributed by atoms with Crippen LogP contribution in [0.3, 0.4) is 0 Å². The van der Waals surface area contributed by atoms with Crippen LogP contribution in [0.1, 0.15) is 10.5 Å². The summed E-state index contributed by atoms with van der Waals surface area (Å²) in [4.78, 5) is 14.2. The summed E-state index contributed by atoms with van der Waals surface area (Å²) in [6, 6.07) is 13.4. The molecule has 0 spiro atoms. The van der Waals surface area contributed by atoms with Crippen LogP contribution < -0.4 is 0 Å². The Hall–Kier alpha value is -2.03. The Kier molecular flexibility index (Phi) is 2.54. The Morgan fingerprint density at radius 3 is 2.53 bits per heavy atom. The van der Waals surface area contributed by atoms with Crippen LogP contribution in [0.15, 0.2) is 42.5 Å². The van der Waals surface area contributed by atoms with Crippen molar-refractivity contribution in [2.75, 3.05) is 7.11 Å². The van der Waals surface area contributed by atoms with Crippen molar-refractivity contribution in [3.05, 3.63) is 48.2 Å². The van der Waals surface area contributed by atoms with E-state index in [1.165, 1.54) is 7.11 Å². The summed E-state index contributed by atoms with van der Waals surface area (Å²) in [5, 5.41) is 0. The summed E-state index contributed by atoms with van der Waals surface area (Å²) in [5.74, 6) is -0.350. The van der Waals surface area contributed by atoms with Crippen molar-refractivity contribution in [2.24, 2.45) is 0 Å². The normalized spacial score (nSPS) is 9.93. The zero-order valence-corrected chi connectivity index (χ0v) is 8.36. The van der Waals surface area contributed by atoms with Gasteiger partial charge >= 0.3 is 5.97 Å². The Morgan fingerprint density at radius 1 is 1.13 bits per heavy atom. The summed E-state index contributed by atoms with van der Waals surface area (Å²) in [7, 11) is 1.37. The van der Waals surface area contributed by atoms with Crippen molar-refractivity contribution in [3.63, 3.8) is 0 Å². The van der Waals surface area contributed by atoms with Gasteiger partial charge in [0.1, 0.15) is 5.69 Å². The summed E-state index contributed by atoms with van der Waals surface area (Å²) in [5.41, 5.74) is 2.43. The van der Waals surface area contributed by atoms with E-state index in [0.29, 0.717) is 5.69 Å². The highest BCUT2D eigenvalue weighted by atomic mass is 16.5. The summed E-state index contributed by atoms with van der Waals surface area (Å²) in [6.45, 7) is 0. The first kappa shape index (κ1) is 9.52. The maximum atomic E-state index is 11.2. The van der Waals surface area contributed by atoms with Crippen LogP contribution in [0, 0.1) is 0 Å². The molecule has 1 aromatic heterocycles. The van der Waals surface area contributed by atoms with Gasteiger partial charge in [0.05, 0.1) is 7.11 Å². The molecule has 1 heterocycles. The van der Waals surface area contributed by atoms with Crippen LogP contribution in [-0.4, -0.2) is 18.1 Å². The molecule has 1 aromatic carbocycles. The second-order valence-electron chi connectivity index (χ2n) is 3.14. The van der Waals surface area contributed by atoms with Crippen LogP contribution in [0.25, 0.3) is 11.3 Å². The lowest BCUT2D eigenvalue weighted by Crippen LogP contribution is -2.00. The van der Waals surface area contributed by atoms with Gasteiger partial charge in [0.2, 0.25) is 0 Å². The van der Waals surface area contributed by atoms with Gasteiger partial charge in [-0.3, -0.25) is 0 Å². The van der Waals surface area contributed by atoms with Crippen LogP contribution in [0.2, 0.25) is 0 Å². The molecule has 0 fully saturated rings. The minimum Gasteiger partial charge on any atom is -0.464 e. The minimum absolute atomic E-state index is 0.350. The molecular formula is C12H11NO2. The Labute approximate surface area is 87.7 Å². The molecule has 3 nitrogen and oxygen atoms in total. The fourth-order valence-corrected chi connectivity index (χ4v) is 1.41. The average Bonchev–Trinajstić information content (AvgIpc) is 2.78. The number of nitrogens with one attached hydrogen (secondary N) is 1. The minimum atomic E-state index is -0.350. The van der Waals surface area contributed by atoms with Crippen LogP contribution in [0.5, 0.6) is 0 Å². The van der Waals surface area contributed by atoms with Gasteiger partial charge in [-0.1, -0.05) is 30.3 Å². The predicted octanol–water partition coefficient (Wildman–Crippen LogP) is 2.47. The fourth-order valence-electron chi connectivity index (χ4n) is 1.41. The fraction of sp³-hybridized carbons (Fsp3) is 0.0833. The molecule has 0 aliphatic heterocycles. The SMILES string of the molecule is COC(=O)c1ccc(-c2ccccc2)[nH]1. The lowest BCUT2D eigenvalue weighted by Gasteiger charge is -1.97. The van der Waals surface area contributed by atoms with Crippen LogP contribution in [-0.2, 0) is 4.74 Å². The third kappa shape index (κ3) is 1.91. The molecule has 2 aromatic rings. The lowest BCUT2D eigenvalue weighted by atomic mass is 10.2. The number of rotatable bonds is 2. The number of H-pyrrole nitrogens is 1. The molecule has 2 rings (SSSR count). The molecule has 0 radical (unpaired) electrons. The first-order valence-electron chi connectivity index (χ1n) is 4.64. The number of aromatic nitrogens is 1. The van der Waals surface area contributed by atoms with E-state index < -0.39 is 0 Å². The molecule has 76 valence electrons. The number of aromatic amines is 1. The predicted molar refractivity (Wildman–Crippen MR) is 57.6 cm³/mol. The number of hydrogen-bond donors (Lipinski definition) is 1. The molecule has 15 heavy (non-hydrogen) atoms. The van der Waals surface area contributed by atoms with Crippen LogP contribution in [0.4, 0.5) is 0 Å². The highest BCUT2D eigenvalue weighted by Gasteiger charge is 2.08. The van der Waals surface area contributed by atoms with Gasteiger partial charge in [-0.2, -0.15) is 0 Å². The number of methoxy groups -OCH3 is 1. The summed E-state index contributed by atoms with van der Waals surface area (Å²) >= 11 is 0. The van der Waals surface area contributed by atoms with Crippen molar-refractivity contribution in [2.45, 2.75) is 0 Å². The van der Waals surface area contributed by atoms with E-state index in [9.17, 15) is 4.79 Å². The van der Waals surface area contributed by atoms with Gasteiger partial charge in [0.15, 0.2) is 0 Å². The Bertz CT molecular complexity index is 459. The number of benzene rings is 1. The van der Waals surface area contributed by atoms with Crippen molar-refractivity contribution >= 4 is 5.97 Å². The van der Waals surface area contributed by atoms with Gasteiger partial charge in [-0.05, 0) is 17.7 Å². The van der Waals surface area contributed by atoms with Crippen molar-refractivity contribution in [3.8, 4) is 11.3 Å². The van der Waals surface area contributed by atoms with E-state index in [-0.39, 0.29) is 5.97 Å². The lowest BCUT2D eigenvalue weighted by molar-refractivity contribution is 0.0595. The van der Waals surface area contributed by atoms with Gasteiger partial charge in [0, 0.05) is 5.69 Å². The van der Waals surface area contributed by atoms with Crippen molar-refractivity contribution in [1.29, 1.82) is 0 Å². The number of esters is 1. The number of carbonyl (C=O) groups is 1. The standard InChI is InChI=1S/C12H11NO2/c1-15-12(14)11-8-7-10(13-11)9-5-3-2-4-6-9/h2-8,13H,1H3. The molecule has 0 bridgehead atoms. The zero-order valence-electron chi connectivity index (χ0n) is 8.36. The molecule has 0 saturated heterocycles. The highest BCUT2D eigenvalue weighted by molar-refractivity contribution is 5.88. The third-order valence-corrected chi connectivity index (χ3v) is 2.18. The van der Waals surface area contributed by atoms with E-state index in [2.05, 4.69) is 9.72 Å². The Morgan fingerprint density at radius 2 is 1.87 bits per heavy atom. The smallest absolute Gasteiger partial charge is 0.354 e.